The van der Waals surface area contributed by atoms with Gasteiger partial charge < -0.3 is 9.47 Å². The van der Waals surface area contributed by atoms with E-state index in [0.717, 1.165) is 19.4 Å². The van der Waals surface area contributed by atoms with Crippen LogP contribution < -0.4 is 0 Å². The van der Waals surface area contributed by atoms with Crippen molar-refractivity contribution in [2.45, 2.75) is 142 Å². The Morgan fingerprint density at radius 3 is 2.04 bits per heavy atom. The molecule has 1 heterocycles. The van der Waals surface area contributed by atoms with Crippen molar-refractivity contribution in [3.63, 3.8) is 0 Å². The molecule has 1 aliphatic rings. The molecule has 160 valence electrons. The van der Waals surface area contributed by atoms with E-state index >= 15 is 0 Å². The first kappa shape index (κ1) is 24.7. The van der Waals surface area contributed by atoms with E-state index in [9.17, 15) is 0 Å². The van der Waals surface area contributed by atoms with Gasteiger partial charge in [0.2, 0.25) is 0 Å². The molecule has 27 heavy (non-hydrogen) atoms. The third-order valence-electron chi connectivity index (χ3n) is 5.73. The van der Waals surface area contributed by atoms with E-state index in [2.05, 4.69) is 26.0 Å². The summed E-state index contributed by atoms with van der Waals surface area (Å²) in [7, 11) is 0. The van der Waals surface area contributed by atoms with Crippen molar-refractivity contribution < 1.29 is 9.47 Å². The fourth-order valence-corrected chi connectivity index (χ4v) is 3.84. The number of unbranched alkanes of at least 4 members (excludes halogenated alkanes) is 11. The van der Waals surface area contributed by atoms with Crippen LogP contribution in [0.25, 0.3) is 0 Å². The van der Waals surface area contributed by atoms with E-state index < -0.39 is 0 Å². The van der Waals surface area contributed by atoms with E-state index in [1.807, 2.05) is 0 Å². The summed E-state index contributed by atoms with van der Waals surface area (Å²) in [6.07, 6.45) is 28.9. The lowest BCUT2D eigenvalue weighted by Crippen LogP contribution is -2.27. The lowest BCUT2D eigenvalue weighted by molar-refractivity contribution is -0.189. The van der Waals surface area contributed by atoms with Crippen LogP contribution in [-0.4, -0.2) is 19.0 Å². The first-order valence-electron chi connectivity index (χ1n) is 12.3. The van der Waals surface area contributed by atoms with E-state index in [1.54, 1.807) is 0 Å². The fourth-order valence-electron chi connectivity index (χ4n) is 3.84. The Balaban J connectivity index is 1.84. The molecule has 1 aliphatic heterocycles. The maximum absolute atomic E-state index is 6.13. The number of allylic oxidation sites excluding steroid dienone is 2. The molecule has 0 aromatic heterocycles. The highest BCUT2D eigenvalue weighted by molar-refractivity contribution is 4.81. The summed E-state index contributed by atoms with van der Waals surface area (Å²) in [5.74, 6) is 0. The van der Waals surface area contributed by atoms with Crippen LogP contribution in [0, 0.1) is 0 Å². The van der Waals surface area contributed by atoms with E-state index in [1.165, 1.54) is 103 Å². The Labute approximate surface area is 170 Å². The summed E-state index contributed by atoms with van der Waals surface area (Å²) in [5.41, 5.74) is 0. The maximum atomic E-state index is 6.13. The van der Waals surface area contributed by atoms with Gasteiger partial charge in [0.05, 0.1) is 6.10 Å². The first-order chi connectivity index (χ1) is 13.4. The molecular formula is C25H48O2. The molecule has 0 aliphatic carbocycles. The molecule has 1 saturated heterocycles. The van der Waals surface area contributed by atoms with Crippen molar-refractivity contribution in [3.8, 4) is 0 Å². The average molecular weight is 381 g/mol. The zero-order valence-electron chi connectivity index (χ0n) is 18.6. The molecule has 0 spiro atoms. The van der Waals surface area contributed by atoms with Gasteiger partial charge in [0.15, 0.2) is 6.29 Å². The van der Waals surface area contributed by atoms with Crippen molar-refractivity contribution >= 4 is 0 Å². The van der Waals surface area contributed by atoms with Crippen LogP contribution in [0.2, 0.25) is 0 Å². The minimum Gasteiger partial charge on any atom is -0.353 e. The summed E-state index contributed by atoms with van der Waals surface area (Å²) in [5, 5.41) is 0. The van der Waals surface area contributed by atoms with E-state index in [4.69, 9.17) is 9.47 Å². The predicted octanol–water partition coefficient (Wildman–Crippen LogP) is 8.35. The Morgan fingerprint density at radius 1 is 0.815 bits per heavy atom. The molecule has 0 aromatic carbocycles. The van der Waals surface area contributed by atoms with Crippen molar-refractivity contribution in [2.75, 3.05) is 6.61 Å². The molecular weight excluding hydrogens is 332 g/mol. The molecule has 0 saturated carbocycles. The number of hydrogen-bond donors (Lipinski definition) is 0. The normalized spacial score (nSPS) is 19.0. The van der Waals surface area contributed by atoms with Crippen LogP contribution in [0.3, 0.4) is 0 Å². The Morgan fingerprint density at radius 2 is 1.44 bits per heavy atom. The van der Waals surface area contributed by atoms with Gasteiger partial charge in [-0.05, 0) is 57.8 Å². The minimum atomic E-state index is 0.0758. The molecule has 0 bridgehead atoms. The second-order valence-corrected chi connectivity index (χ2v) is 8.34. The van der Waals surface area contributed by atoms with E-state index in [0.29, 0.717) is 6.10 Å². The first-order valence-corrected chi connectivity index (χ1v) is 12.3. The van der Waals surface area contributed by atoms with Gasteiger partial charge >= 0.3 is 0 Å². The smallest absolute Gasteiger partial charge is 0.157 e. The molecule has 0 N–H and O–H groups in total. The zero-order chi connectivity index (χ0) is 19.4. The predicted molar refractivity (Wildman–Crippen MR) is 118 cm³/mol. The summed E-state index contributed by atoms with van der Waals surface area (Å²) >= 11 is 0. The topological polar surface area (TPSA) is 18.5 Å². The zero-order valence-corrected chi connectivity index (χ0v) is 18.6. The quantitative estimate of drug-likeness (QED) is 0.176. The van der Waals surface area contributed by atoms with Gasteiger partial charge in [0.25, 0.3) is 0 Å². The summed E-state index contributed by atoms with van der Waals surface area (Å²) in [6, 6.07) is 0. The van der Waals surface area contributed by atoms with Gasteiger partial charge in [-0.15, -0.1) is 0 Å². The number of ether oxygens (including phenoxy) is 2. The second kappa shape index (κ2) is 19.0. The summed E-state index contributed by atoms with van der Waals surface area (Å²) in [6.45, 7) is 5.41. The van der Waals surface area contributed by atoms with Gasteiger partial charge in [-0.1, -0.05) is 83.8 Å². The van der Waals surface area contributed by atoms with Crippen molar-refractivity contribution in [2.24, 2.45) is 0 Å². The maximum Gasteiger partial charge on any atom is 0.157 e. The third kappa shape index (κ3) is 15.3. The van der Waals surface area contributed by atoms with Gasteiger partial charge in [-0.2, -0.15) is 0 Å². The Bertz CT molecular complexity index is 320. The van der Waals surface area contributed by atoms with Crippen molar-refractivity contribution in [1.82, 2.24) is 0 Å². The lowest BCUT2D eigenvalue weighted by atomic mass is 10.0. The third-order valence-corrected chi connectivity index (χ3v) is 5.73. The molecule has 2 heteroatoms. The van der Waals surface area contributed by atoms with Gasteiger partial charge in [0.1, 0.15) is 0 Å². The molecule has 0 aromatic rings. The van der Waals surface area contributed by atoms with Crippen LogP contribution in [-0.2, 0) is 9.47 Å². The molecule has 2 atom stereocenters. The van der Waals surface area contributed by atoms with Gasteiger partial charge in [-0.3, -0.25) is 0 Å². The molecule has 0 radical (unpaired) electrons. The van der Waals surface area contributed by atoms with E-state index in [-0.39, 0.29) is 6.29 Å². The monoisotopic (exact) mass is 380 g/mol. The summed E-state index contributed by atoms with van der Waals surface area (Å²) in [4.78, 5) is 0. The Kier molecular flexibility index (Phi) is 17.4. The van der Waals surface area contributed by atoms with Crippen LogP contribution in [0.4, 0.5) is 0 Å². The fraction of sp³-hybridized carbons (Fsp3) is 0.920. The van der Waals surface area contributed by atoms with Crippen LogP contribution in [0.5, 0.6) is 0 Å². The van der Waals surface area contributed by atoms with Crippen LogP contribution >= 0.6 is 0 Å². The SMILES string of the molecule is CCCCCCCCC=CCCCCCCC[C@H](CC)OC1CCCCO1. The molecule has 0 amide bonds. The highest BCUT2D eigenvalue weighted by Crippen LogP contribution is 2.20. The van der Waals surface area contributed by atoms with Gasteiger partial charge in [0, 0.05) is 6.61 Å². The summed E-state index contributed by atoms with van der Waals surface area (Å²) < 4.78 is 11.8. The van der Waals surface area contributed by atoms with Crippen LogP contribution in [0.1, 0.15) is 129 Å². The molecule has 2 nitrogen and oxygen atoms in total. The van der Waals surface area contributed by atoms with Gasteiger partial charge in [-0.25, -0.2) is 0 Å². The standard InChI is InChI=1S/C25H48O2/c1-3-5-6-7-8-9-10-11-12-13-14-15-16-17-18-21-24(4-2)27-25-22-19-20-23-26-25/h11-12,24-25H,3-10,13-23H2,1-2H3/t24-,25?/m0/s1. The van der Waals surface area contributed by atoms with Crippen molar-refractivity contribution in [3.05, 3.63) is 12.2 Å². The van der Waals surface area contributed by atoms with Crippen LogP contribution in [0.15, 0.2) is 12.2 Å². The molecule has 1 rings (SSSR count). The minimum absolute atomic E-state index is 0.0758. The number of rotatable bonds is 18. The molecule has 1 fully saturated rings. The average Bonchev–Trinajstić information content (AvgIpc) is 2.70. The Hall–Kier alpha value is -0.340. The highest BCUT2D eigenvalue weighted by Gasteiger charge is 2.18. The molecule has 1 unspecified atom stereocenters. The lowest BCUT2D eigenvalue weighted by Gasteiger charge is -2.27. The highest BCUT2D eigenvalue weighted by atomic mass is 16.7. The van der Waals surface area contributed by atoms with Crippen molar-refractivity contribution in [1.29, 1.82) is 0 Å². The largest absolute Gasteiger partial charge is 0.353 e. The number of hydrogen-bond acceptors (Lipinski definition) is 2. The second-order valence-electron chi connectivity index (χ2n) is 8.34.